The number of carbonyl (C=O) groups is 1. The lowest BCUT2D eigenvalue weighted by atomic mass is 10.2. The average molecular weight is 272 g/mol. The van der Waals surface area contributed by atoms with E-state index in [2.05, 4.69) is 27.8 Å². The Morgan fingerprint density at radius 2 is 2.10 bits per heavy atom. The quantitative estimate of drug-likeness (QED) is 0.756. The Balaban J connectivity index is 1.93. The minimum Gasteiger partial charge on any atom is -0.320 e. The molecular formula is C15H20N4O. The summed E-state index contributed by atoms with van der Waals surface area (Å²) in [4.78, 5) is 16.0. The molecule has 5 nitrogen and oxygen atoms in total. The summed E-state index contributed by atoms with van der Waals surface area (Å²) in [7, 11) is 1.88. The fourth-order valence-electron chi connectivity index (χ4n) is 1.95. The van der Waals surface area contributed by atoms with Gasteiger partial charge < -0.3 is 9.88 Å². The SMILES string of the molecule is CNCCCC(=O)Nc1nccn1Cc1ccccc1. The number of hydrogen-bond acceptors (Lipinski definition) is 3. The summed E-state index contributed by atoms with van der Waals surface area (Å²) in [6.07, 6.45) is 4.89. The van der Waals surface area contributed by atoms with Crippen LogP contribution in [0.5, 0.6) is 0 Å². The molecule has 0 aliphatic heterocycles. The second kappa shape index (κ2) is 7.45. The maximum Gasteiger partial charge on any atom is 0.226 e. The van der Waals surface area contributed by atoms with Gasteiger partial charge in [-0.05, 0) is 25.6 Å². The van der Waals surface area contributed by atoms with Crippen molar-refractivity contribution in [3.05, 3.63) is 48.3 Å². The van der Waals surface area contributed by atoms with E-state index in [0.717, 1.165) is 13.0 Å². The molecule has 1 aromatic carbocycles. The Labute approximate surface area is 119 Å². The molecule has 1 amide bonds. The van der Waals surface area contributed by atoms with Crippen LogP contribution >= 0.6 is 0 Å². The summed E-state index contributed by atoms with van der Waals surface area (Å²) >= 11 is 0. The molecule has 0 spiro atoms. The maximum atomic E-state index is 11.8. The number of amides is 1. The zero-order valence-electron chi connectivity index (χ0n) is 11.7. The highest BCUT2D eigenvalue weighted by Gasteiger charge is 2.07. The van der Waals surface area contributed by atoms with Gasteiger partial charge >= 0.3 is 0 Å². The Bertz CT molecular complexity index is 536. The van der Waals surface area contributed by atoms with Gasteiger partial charge in [-0.1, -0.05) is 30.3 Å². The van der Waals surface area contributed by atoms with E-state index in [1.807, 2.05) is 36.0 Å². The van der Waals surface area contributed by atoms with Gasteiger partial charge in [-0.15, -0.1) is 0 Å². The molecule has 0 unspecified atom stereocenters. The second-order valence-electron chi connectivity index (χ2n) is 4.62. The van der Waals surface area contributed by atoms with Crippen molar-refractivity contribution in [2.24, 2.45) is 0 Å². The van der Waals surface area contributed by atoms with Gasteiger partial charge in [0.2, 0.25) is 11.9 Å². The predicted octanol–water partition coefficient (Wildman–Crippen LogP) is 1.87. The van der Waals surface area contributed by atoms with Crippen LogP contribution in [0.3, 0.4) is 0 Å². The number of nitrogens with zero attached hydrogens (tertiary/aromatic N) is 2. The third-order valence-corrected chi connectivity index (χ3v) is 2.99. The lowest BCUT2D eigenvalue weighted by Gasteiger charge is -2.09. The third-order valence-electron chi connectivity index (χ3n) is 2.99. The third kappa shape index (κ3) is 4.20. The fourth-order valence-corrected chi connectivity index (χ4v) is 1.95. The molecule has 0 aliphatic carbocycles. The van der Waals surface area contributed by atoms with Gasteiger partial charge in [-0.25, -0.2) is 4.98 Å². The first kappa shape index (κ1) is 14.3. The predicted molar refractivity (Wildman–Crippen MR) is 79.6 cm³/mol. The number of aromatic nitrogens is 2. The van der Waals surface area contributed by atoms with Crippen molar-refractivity contribution >= 4 is 11.9 Å². The molecule has 2 rings (SSSR count). The number of rotatable bonds is 7. The van der Waals surface area contributed by atoms with Gasteiger partial charge in [0, 0.05) is 18.8 Å². The monoisotopic (exact) mass is 272 g/mol. The summed E-state index contributed by atoms with van der Waals surface area (Å²) < 4.78 is 1.94. The number of hydrogen-bond donors (Lipinski definition) is 2. The summed E-state index contributed by atoms with van der Waals surface area (Å²) in [6.45, 7) is 1.54. The molecular weight excluding hydrogens is 252 g/mol. The summed E-state index contributed by atoms with van der Waals surface area (Å²) in [5.41, 5.74) is 1.18. The van der Waals surface area contributed by atoms with Crippen LogP contribution in [0.25, 0.3) is 0 Å². The summed E-state index contributed by atoms with van der Waals surface area (Å²) in [5, 5.41) is 5.88. The van der Waals surface area contributed by atoms with Crippen molar-refractivity contribution in [2.75, 3.05) is 18.9 Å². The van der Waals surface area contributed by atoms with E-state index in [0.29, 0.717) is 18.9 Å². The minimum absolute atomic E-state index is 0.000705. The van der Waals surface area contributed by atoms with Gasteiger partial charge in [0.05, 0.1) is 6.54 Å². The Morgan fingerprint density at radius 3 is 2.85 bits per heavy atom. The maximum absolute atomic E-state index is 11.8. The van der Waals surface area contributed by atoms with Crippen LogP contribution in [-0.2, 0) is 11.3 Å². The first-order valence-corrected chi connectivity index (χ1v) is 6.79. The average Bonchev–Trinajstić information content (AvgIpc) is 2.87. The van der Waals surface area contributed by atoms with Gasteiger partial charge in [0.25, 0.3) is 0 Å². The van der Waals surface area contributed by atoms with E-state index < -0.39 is 0 Å². The molecule has 0 fully saturated rings. The highest BCUT2D eigenvalue weighted by molar-refractivity contribution is 5.89. The molecule has 1 heterocycles. The van der Waals surface area contributed by atoms with Crippen molar-refractivity contribution in [3.8, 4) is 0 Å². The lowest BCUT2D eigenvalue weighted by molar-refractivity contribution is -0.116. The van der Waals surface area contributed by atoms with Gasteiger partial charge in [0.1, 0.15) is 0 Å². The largest absolute Gasteiger partial charge is 0.320 e. The Hall–Kier alpha value is -2.14. The van der Waals surface area contributed by atoms with Crippen LogP contribution in [0, 0.1) is 0 Å². The minimum atomic E-state index is 0.000705. The number of nitrogens with one attached hydrogen (secondary N) is 2. The lowest BCUT2D eigenvalue weighted by Crippen LogP contribution is -2.18. The van der Waals surface area contributed by atoms with E-state index in [1.54, 1.807) is 6.20 Å². The second-order valence-corrected chi connectivity index (χ2v) is 4.62. The van der Waals surface area contributed by atoms with Crippen LogP contribution in [0.4, 0.5) is 5.95 Å². The first-order valence-electron chi connectivity index (χ1n) is 6.79. The highest BCUT2D eigenvalue weighted by atomic mass is 16.1. The normalized spacial score (nSPS) is 10.4. The van der Waals surface area contributed by atoms with Gasteiger partial charge in [-0.3, -0.25) is 10.1 Å². The number of carbonyl (C=O) groups excluding carboxylic acids is 1. The molecule has 2 aromatic rings. The fraction of sp³-hybridized carbons (Fsp3) is 0.333. The van der Waals surface area contributed by atoms with E-state index in [1.165, 1.54) is 5.56 Å². The number of anilines is 1. The van der Waals surface area contributed by atoms with E-state index in [-0.39, 0.29) is 5.91 Å². The first-order chi connectivity index (χ1) is 9.79. The molecule has 20 heavy (non-hydrogen) atoms. The molecule has 2 N–H and O–H groups in total. The van der Waals surface area contributed by atoms with Crippen LogP contribution in [-0.4, -0.2) is 29.1 Å². The van der Waals surface area contributed by atoms with Gasteiger partial charge in [0.15, 0.2) is 0 Å². The highest BCUT2D eigenvalue weighted by Crippen LogP contribution is 2.09. The Kier molecular flexibility index (Phi) is 5.32. The standard InChI is InChI=1S/C15H20N4O/c1-16-9-5-8-14(20)18-15-17-10-11-19(15)12-13-6-3-2-4-7-13/h2-4,6-7,10-11,16H,5,8-9,12H2,1H3,(H,17,18,20). The molecule has 0 bridgehead atoms. The van der Waals surface area contributed by atoms with Crippen molar-refractivity contribution in [1.29, 1.82) is 0 Å². The molecule has 1 aromatic heterocycles. The van der Waals surface area contributed by atoms with Crippen LogP contribution in [0.15, 0.2) is 42.7 Å². The molecule has 5 heteroatoms. The summed E-state index contributed by atoms with van der Waals surface area (Å²) in [5.74, 6) is 0.601. The number of imidazole rings is 1. The van der Waals surface area contributed by atoms with E-state index in [4.69, 9.17) is 0 Å². The van der Waals surface area contributed by atoms with Crippen LogP contribution < -0.4 is 10.6 Å². The number of benzene rings is 1. The molecule has 106 valence electrons. The Morgan fingerprint density at radius 1 is 1.30 bits per heavy atom. The topological polar surface area (TPSA) is 59.0 Å². The van der Waals surface area contributed by atoms with Crippen molar-refractivity contribution in [3.63, 3.8) is 0 Å². The molecule has 0 radical (unpaired) electrons. The summed E-state index contributed by atoms with van der Waals surface area (Å²) in [6, 6.07) is 10.1. The van der Waals surface area contributed by atoms with Gasteiger partial charge in [-0.2, -0.15) is 0 Å². The van der Waals surface area contributed by atoms with Crippen molar-refractivity contribution in [2.45, 2.75) is 19.4 Å². The molecule has 0 atom stereocenters. The van der Waals surface area contributed by atoms with E-state index >= 15 is 0 Å². The van der Waals surface area contributed by atoms with Crippen LogP contribution in [0.2, 0.25) is 0 Å². The smallest absolute Gasteiger partial charge is 0.226 e. The molecule has 0 saturated heterocycles. The molecule has 0 saturated carbocycles. The van der Waals surface area contributed by atoms with E-state index in [9.17, 15) is 4.79 Å². The van der Waals surface area contributed by atoms with Crippen molar-refractivity contribution < 1.29 is 4.79 Å². The zero-order valence-corrected chi connectivity index (χ0v) is 11.7. The molecule has 0 aliphatic rings. The van der Waals surface area contributed by atoms with Crippen LogP contribution in [0.1, 0.15) is 18.4 Å². The van der Waals surface area contributed by atoms with Crippen molar-refractivity contribution in [1.82, 2.24) is 14.9 Å². The zero-order chi connectivity index (χ0) is 14.2.